The van der Waals surface area contributed by atoms with Crippen LogP contribution in [-0.4, -0.2) is 26.6 Å². The number of nitrogens with one attached hydrogen (secondary N) is 1. The SMILES string of the molecule is CN(Cc1ccc[nH]1)c1ccc2nc(CN)cn2n1. The van der Waals surface area contributed by atoms with E-state index in [-0.39, 0.29) is 0 Å². The Hall–Kier alpha value is -2.34. The fourth-order valence-corrected chi connectivity index (χ4v) is 2.03. The van der Waals surface area contributed by atoms with Crippen molar-refractivity contribution in [2.45, 2.75) is 13.1 Å². The highest BCUT2D eigenvalue weighted by Gasteiger charge is 2.07. The summed E-state index contributed by atoms with van der Waals surface area (Å²) in [6, 6.07) is 7.96. The van der Waals surface area contributed by atoms with E-state index in [1.807, 2.05) is 37.6 Å². The van der Waals surface area contributed by atoms with Crippen LogP contribution in [0.3, 0.4) is 0 Å². The molecule has 0 saturated heterocycles. The van der Waals surface area contributed by atoms with E-state index < -0.39 is 0 Å². The van der Waals surface area contributed by atoms with Crippen molar-refractivity contribution in [3.05, 3.63) is 48.0 Å². The molecule has 0 radical (unpaired) electrons. The molecule has 3 N–H and O–H groups in total. The molecule has 0 aliphatic rings. The number of anilines is 1. The molecular formula is C13H16N6. The van der Waals surface area contributed by atoms with E-state index >= 15 is 0 Å². The van der Waals surface area contributed by atoms with Gasteiger partial charge in [-0.05, 0) is 24.3 Å². The first-order chi connectivity index (χ1) is 9.26. The molecule has 3 aromatic heterocycles. The zero-order chi connectivity index (χ0) is 13.2. The van der Waals surface area contributed by atoms with Crippen molar-refractivity contribution in [1.82, 2.24) is 19.6 Å². The molecule has 0 aliphatic heterocycles. The standard InChI is InChI=1S/C13H16N6/c1-18(8-10-3-2-6-15-10)13-5-4-12-16-11(7-14)9-19(12)17-13/h2-6,9,15H,7-8,14H2,1H3. The van der Waals surface area contributed by atoms with E-state index in [0.717, 1.165) is 29.4 Å². The van der Waals surface area contributed by atoms with Gasteiger partial charge in [0.25, 0.3) is 0 Å². The van der Waals surface area contributed by atoms with Crippen molar-refractivity contribution in [3.8, 4) is 0 Å². The number of nitrogens with two attached hydrogens (primary N) is 1. The predicted molar refractivity (Wildman–Crippen MR) is 73.8 cm³/mol. The van der Waals surface area contributed by atoms with Gasteiger partial charge in [-0.15, -0.1) is 5.10 Å². The minimum atomic E-state index is 0.428. The van der Waals surface area contributed by atoms with Gasteiger partial charge in [0.05, 0.1) is 18.4 Å². The van der Waals surface area contributed by atoms with E-state index in [0.29, 0.717) is 6.54 Å². The number of aromatic amines is 1. The number of imidazole rings is 1. The van der Waals surface area contributed by atoms with Gasteiger partial charge in [0.2, 0.25) is 0 Å². The number of hydrogen-bond acceptors (Lipinski definition) is 4. The first-order valence-corrected chi connectivity index (χ1v) is 6.15. The summed E-state index contributed by atoms with van der Waals surface area (Å²) in [4.78, 5) is 9.62. The van der Waals surface area contributed by atoms with E-state index in [1.165, 1.54) is 0 Å². The van der Waals surface area contributed by atoms with E-state index in [4.69, 9.17) is 5.73 Å². The van der Waals surface area contributed by atoms with Gasteiger partial charge < -0.3 is 15.6 Å². The van der Waals surface area contributed by atoms with E-state index in [2.05, 4.69) is 26.0 Å². The maximum absolute atomic E-state index is 5.58. The average molecular weight is 256 g/mol. The molecule has 0 atom stereocenters. The lowest BCUT2D eigenvalue weighted by Gasteiger charge is -2.16. The average Bonchev–Trinajstić information content (AvgIpc) is 3.05. The normalized spacial score (nSPS) is 11.1. The van der Waals surface area contributed by atoms with Crippen LogP contribution in [0, 0.1) is 0 Å². The number of nitrogens with zero attached hydrogens (tertiary/aromatic N) is 4. The molecular weight excluding hydrogens is 240 g/mol. The van der Waals surface area contributed by atoms with Gasteiger partial charge in [-0.3, -0.25) is 0 Å². The molecule has 6 heteroatoms. The van der Waals surface area contributed by atoms with Crippen LogP contribution in [0.25, 0.3) is 5.65 Å². The van der Waals surface area contributed by atoms with Crippen LogP contribution in [0.4, 0.5) is 5.82 Å². The van der Waals surface area contributed by atoms with Crippen LogP contribution < -0.4 is 10.6 Å². The highest BCUT2D eigenvalue weighted by atomic mass is 15.3. The maximum atomic E-state index is 5.58. The Kier molecular flexibility index (Phi) is 2.92. The van der Waals surface area contributed by atoms with Crippen LogP contribution >= 0.6 is 0 Å². The summed E-state index contributed by atoms with van der Waals surface area (Å²) in [5.74, 6) is 0.892. The summed E-state index contributed by atoms with van der Waals surface area (Å²) < 4.78 is 1.77. The number of aromatic nitrogens is 4. The van der Waals surface area contributed by atoms with Crippen LogP contribution in [0.5, 0.6) is 0 Å². The molecule has 6 nitrogen and oxygen atoms in total. The van der Waals surface area contributed by atoms with Gasteiger partial charge in [0.15, 0.2) is 5.65 Å². The summed E-state index contributed by atoms with van der Waals surface area (Å²) in [6.45, 7) is 1.21. The molecule has 0 unspecified atom stereocenters. The molecule has 0 fully saturated rings. The second kappa shape index (κ2) is 4.74. The number of H-pyrrole nitrogens is 1. The van der Waals surface area contributed by atoms with Crippen molar-refractivity contribution >= 4 is 11.5 Å². The summed E-state index contributed by atoms with van der Waals surface area (Å²) in [5, 5.41) is 4.53. The zero-order valence-corrected chi connectivity index (χ0v) is 10.7. The summed E-state index contributed by atoms with van der Waals surface area (Å²) >= 11 is 0. The van der Waals surface area contributed by atoms with Gasteiger partial charge in [-0.25, -0.2) is 9.50 Å². The Morgan fingerprint density at radius 3 is 3.00 bits per heavy atom. The molecule has 3 heterocycles. The lowest BCUT2D eigenvalue weighted by atomic mass is 10.4. The fourth-order valence-electron chi connectivity index (χ4n) is 2.03. The third kappa shape index (κ3) is 2.30. The monoisotopic (exact) mass is 256 g/mol. The Morgan fingerprint density at radius 1 is 1.37 bits per heavy atom. The number of rotatable bonds is 4. The lowest BCUT2D eigenvalue weighted by Crippen LogP contribution is -2.18. The second-order valence-electron chi connectivity index (χ2n) is 4.48. The molecule has 3 aromatic rings. The second-order valence-corrected chi connectivity index (χ2v) is 4.48. The lowest BCUT2D eigenvalue weighted by molar-refractivity contribution is 0.828. The maximum Gasteiger partial charge on any atom is 0.153 e. The molecule has 19 heavy (non-hydrogen) atoms. The molecule has 0 aromatic carbocycles. The number of hydrogen-bond donors (Lipinski definition) is 2. The highest BCUT2D eigenvalue weighted by Crippen LogP contribution is 2.13. The van der Waals surface area contributed by atoms with Crippen molar-refractivity contribution < 1.29 is 0 Å². The first-order valence-electron chi connectivity index (χ1n) is 6.15. The van der Waals surface area contributed by atoms with Crippen molar-refractivity contribution in [2.24, 2.45) is 5.73 Å². The third-order valence-electron chi connectivity index (χ3n) is 3.03. The molecule has 98 valence electrons. The first kappa shape index (κ1) is 11.7. The molecule has 3 rings (SSSR count). The van der Waals surface area contributed by atoms with Gasteiger partial charge in [0, 0.05) is 25.5 Å². The number of fused-ring (bicyclic) bond motifs is 1. The highest BCUT2D eigenvalue weighted by molar-refractivity contribution is 5.46. The van der Waals surface area contributed by atoms with Crippen molar-refractivity contribution in [2.75, 3.05) is 11.9 Å². The summed E-state index contributed by atoms with van der Waals surface area (Å²) in [5.41, 5.74) is 8.40. The van der Waals surface area contributed by atoms with Crippen LogP contribution in [0.2, 0.25) is 0 Å². The topological polar surface area (TPSA) is 75.2 Å². The van der Waals surface area contributed by atoms with Gasteiger partial charge in [-0.2, -0.15) is 0 Å². The largest absolute Gasteiger partial charge is 0.364 e. The zero-order valence-electron chi connectivity index (χ0n) is 10.7. The molecule has 0 spiro atoms. The summed E-state index contributed by atoms with van der Waals surface area (Å²) in [6.07, 6.45) is 3.78. The Labute approximate surface area is 110 Å². The van der Waals surface area contributed by atoms with Gasteiger partial charge in [0.1, 0.15) is 5.82 Å². The predicted octanol–water partition coefficient (Wildman–Crippen LogP) is 1.15. The van der Waals surface area contributed by atoms with E-state index in [1.54, 1.807) is 4.52 Å². The van der Waals surface area contributed by atoms with Crippen molar-refractivity contribution in [3.63, 3.8) is 0 Å². The minimum Gasteiger partial charge on any atom is -0.364 e. The molecule has 0 aliphatic carbocycles. The smallest absolute Gasteiger partial charge is 0.153 e. The van der Waals surface area contributed by atoms with Crippen LogP contribution in [0.15, 0.2) is 36.7 Å². The van der Waals surface area contributed by atoms with Gasteiger partial charge >= 0.3 is 0 Å². The molecule has 0 saturated carbocycles. The minimum absolute atomic E-state index is 0.428. The molecule has 0 amide bonds. The third-order valence-corrected chi connectivity index (χ3v) is 3.03. The quantitative estimate of drug-likeness (QED) is 0.734. The molecule has 0 bridgehead atoms. The van der Waals surface area contributed by atoms with Gasteiger partial charge in [-0.1, -0.05) is 0 Å². The van der Waals surface area contributed by atoms with Crippen molar-refractivity contribution in [1.29, 1.82) is 0 Å². The Bertz CT molecular complexity index is 670. The van der Waals surface area contributed by atoms with E-state index in [9.17, 15) is 0 Å². The van der Waals surface area contributed by atoms with Crippen LogP contribution in [-0.2, 0) is 13.1 Å². The summed E-state index contributed by atoms with van der Waals surface area (Å²) in [7, 11) is 2.01. The van der Waals surface area contributed by atoms with Crippen LogP contribution in [0.1, 0.15) is 11.4 Å². The Balaban J connectivity index is 1.87. The fraction of sp³-hybridized carbons (Fsp3) is 0.231. The Morgan fingerprint density at radius 2 is 2.26 bits per heavy atom.